The standard InChI is InChI=1S/C41H25N3S2/c1-2-9-26(10-3-1)29-12-8-13-31(23-29)40-42-39(28-19-17-27(18-20-28)38-25-30-11-4-6-15-35(30)45-38)43-41(44-40)32-21-22-37-34(24-32)33-14-5-7-16-36(33)46-37/h1-25H. The minimum absolute atomic E-state index is 0.654. The molecule has 0 unspecified atom stereocenters. The molecule has 9 rings (SSSR count). The molecule has 0 saturated carbocycles. The highest BCUT2D eigenvalue weighted by Gasteiger charge is 2.15. The maximum Gasteiger partial charge on any atom is 0.164 e. The lowest BCUT2D eigenvalue weighted by Gasteiger charge is -2.10. The normalized spacial score (nSPS) is 11.5. The first-order valence-electron chi connectivity index (χ1n) is 15.2. The van der Waals surface area contributed by atoms with Crippen LogP contribution < -0.4 is 0 Å². The molecule has 3 aromatic heterocycles. The van der Waals surface area contributed by atoms with Gasteiger partial charge in [0.2, 0.25) is 0 Å². The van der Waals surface area contributed by atoms with Gasteiger partial charge >= 0.3 is 0 Å². The van der Waals surface area contributed by atoms with Crippen molar-refractivity contribution in [3.8, 4) is 55.7 Å². The first kappa shape index (κ1) is 26.9. The molecule has 9 aromatic rings. The number of rotatable bonds is 5. The Balaban J connectivity index is 1.18. The van der Waals surface area contributed by atoms with Gasteiger partial charge in [0.25, 0.3) is 0 Å². The van der Waals surface area contributed by atoms with E-state index < -0.39 is 0 Å². The average Bonchev–Trinajstić information content (AvgIpc) is 3.74. The molecule has 0 saturated heterocycles. The van der Waals surface area contributed by atoms with Crippen LogP contribution in [-0.4, -0.2) is 15.0 Å². The molecule has 0 amide bonds. The number of benzene rings is 6. The minimum Gasteiger partial charge on any atom is -0.208 e. The largest absolute Gasteiger partial charge is 0.208 e. The van der Waals surface area contributed by atoms with Crippen molar-refractivity contribution in [2.24, 2.45) is 0 Å². The Morgan fingerprint density at radius 2 is 0.913 bits per heavy atom. The third-order valence-corrected chi connectivity index (χ3v) is 10.7. The second-order valence-corrected chi connectivity index (χ2v) is 13.5. The molecule has 3 nitrogen and oxygen atoms in total. The number of fused-ring (bicyclic) bond motifs is 4. The molecule has 0 N–H and O–H groups in total. The van der Waals surface area contributed by atoms with Crippen LogP contribution in [0.15, 0.2) is 152 Å². The maximum atomic E-state index is 5.08. The highest BCUT2D eigenvalue weighted by atomic mass is 32.1. The molecule has 5 heteroatoms. The van der Waals surface area contributed by atoms with Gasteiger partial charge in [-0.2, -0.15) is 0 Å². The molecule has 216 valence electrons. The van der Waals surface area contributed by atoms with Crippen LogP contribution in [0.1, 0.15) is 0 Å². The van der Waals surface area contributed by atoms with Gasteiger partial charge in [-0.3, -0.25) is 0 Å². The average molecular weight is 624 g/mol. The van der Waals surface area contributed by atoms with E-state index in [0.717, 1.165) is 27.8 Å². The fourth-order valence-electron chi connectivity index (χ4n) is 6.00. The van der Waals surface area contributed by atoms with Crippen LogP contribution in [0.3, 0.4) is 0 Å². The van der Waals surface area contributed by atoms with Crippen LogP contribution in [0.4, 0.5) is 0 Å². The number of thiophene rings is 2. The Morgan fingerprint density at radius 3 is 1.72 bits per heavy atom. The monoisotopic (exact) mass is 623 g/mol. The van der Waals surface area contributed by atoms with Crippen molar-refractivity contribution in [2.75, 3.05) is 0 Å². The third kappa shape index (κ3) is 4.87. The van der Waals surface area contributed by atoms with E-state index in [0.29, 0.717) is 17.5 Å². The highest BCUT2D eigenvalue weighted by Crippen LogP contribution is 2.37. The van der Waals surface area contributed by atoms with Gasteiger partial charge in [0.1, 0.15) is 0 Å². The van der Waals surface area contributed by atoms with Gasteiger partial charge in [-0.1, -0.05) is 109 Å². The van der Waals surface area contributed by atoms with E-state index in [9.17, 15) is 0 Å². The van der Waals surface area contributed by atoms with Crippen LogP contribution in [0.2, 0.25) is 0 Å². The predicted molar refractivity (Wildman–Crippen MR) is 195 cm³/mol. The summed E-state index contributed by atoms with van der Waals surface area (Å²) >= 11 is 3.63. The smallest absolute Gasteiger partial charge is 0.164 e. The number of hydrogen-bond donors (Lipinski definition) is 0. The van der Waals surface area contributed by atoms with Gasteiger partial charge in [0, 0.05) is 46.4 Å². The van der Waals surface area contributed by atoms with Crippen molar-refractivity contribution >= 4 is 52.9 Å². The van der Waals surface area contributed by atoms with Crippen LogP contribution in [-0.2, 0) is 0 Å². The molecule has 3 heterocycles. The van der Waals surface area contributed by atoms with Gasteiger partial charge in [-0.05, 0) is 64.5 Å². The second kappa shape index (κ2) is 11.1. The van der Waals surface area contributed by atoms with E-state index >= 15 is 0 Å². The van der Waals surface area contributed by atoms with Crippen molar-refractivity contribution in [1.29, 1.82) is 0 Å². The summed E-state index contributed by atoms with van der Waals surface area (Å²) in [5, 5.41) is 3.75. The molecule has 0 radical (unpaired) electrons. The van der Waals surface area contributed by atoms with E-state index in [2.05, 4.69) is 146 Å². The van der Waals surface area contributed by atoms with Gasteiger partial charge in [0.15, 0.2) is 17.5 Å². The van der Waals surface area contributed by atoms with Gasteiger partial charge in [-0.15, -0.1) is 22.7 Å². The molecule has 0 spiro atoms. The maximum absolute atomic E-state index is 5.08. The molecule has 0 aliphatic carbocycles. The molecular formula is C41H25N3S2. The Labute approximate surface area is 274 Å². The minimum atomic E-state index is 0.654. The van der Waals surface area contributed by atoms with E-state index in [1.165, 1.54) is 40.7 Å². The zero-order chi connectivity index (χ0) is 30.5. The first-order valence-corrected chi connectivity index (χ1v) is 16.8. The molecule has 0 atom stereocenters. The molecule has 0 aliphatic heterocycles. The summed E-state index contributed by atoms with van der Waals surface area (Å²) in [5.41, 5.74) is 6.35. The van der Waals surface area contributed by atoms with Crippen molar-refractivity contribution in [3.05, 3.63) is 152 Å². The van der Waals surface area contributed by atoms with E-state index in [1.807, 2.05) is 28.7 Å². The summed E-state index contributed by atoms with van der Waals surface area (Å²) in [6.07, 6.45) is 0. The van der Waals surface area contributed by atoms with Crippen molar-refractivity contribution < 1.29 is 0 Å². The summed E-state index contributed by atoms with van der Waals surface area (Å²) in [7, 11) is 0. The second-order valence-electron chi connectivity index (χ2n) is 11.3. The number of nitrogens with zero attached hydrogens (tertiary/aromatic N) is 3. The lowest BCUT2D eigenvalue weighted by atomic mass is 10.0. The first-order chi connectivity index (χ1) is 22.7. The van der Waals surface area contributed by atoms with Crippen LogP contribution >= 0.6 is 22.7 Å². The fourth-order valence-corrected chi connectivity index (χ4v) is 8.16. The Hall–Kier alpha value is -5.49. The summed E-state index contributed by atoms with van der Waals surface area (Å²) in [5.74, 6) is 1.97. The van der Waals surface area contributed by atoms with E-state index in [-0.39, 0.29) is 0 Å². The molecule has 0 aliphatic rings. The summed E-state index contributed by atoms with van der Waals surface area (Å²) in [4.78, 5) is 16.5. The summed E-state index contributed by atoms with van der Waals surface area (Å²) < 4.78 is 3.83. The predicted octanol–water partition coefficient (Wildman–Crippen LogP) is 11.8. The summed E-state index contributed by atoms with van der Waals surface area (Å²) in [6.45, 7) is 0. The van der Waals surface area contributed by atoms with Gasteiger partial charge in [-0.25, -0.2) is 15.0 Å². The molecule has 6 aromatic carbocycles. The van der Waals surface area contributed by atoms with Crippen LogP contribution in [0.25, 0.3) is 86.0 Å². The van der Waals surface area contributed by atoms with E-state index in [4.69, 9.17) is 15.0 Å². The SMILES string of the molecule is c1ccc(-c2cccc(-c3nc(-c4ccc(-c5cc6ccccc6s5)cc4)nc(-c4ccc5sc6ccccc6c5c4)n3)c2)cc1. The Morgan fingerprint density at radius 1 is 0.326 bits per heavy atom. The van der Waals surface area contributed by atoms with Crippen LogP contribution in [0, 0.1) is 0 Å². The third-order valence-electron chi connectivity index (χ3n) is 8.35. The van der Waals surface area contributed by atoms with Crippen molar-refractivity contribution in [3.63, 3.8) is 0 Å². The zero-order valence-electron chi connectivity index (χ0n) is 24.6. The number of hydrogen-bond acceptors (Lipinski definition) is 5. The lowest BCUT2D eigenvalue weighted by molar-refractivity contribution is 1.07. The fraction of sp³-hybridized carbons (Fsp3) is 0. The molecule has 0 bridgehead atoms. The molecule has 0 fully saturated rings. The van der Waals surface area contributed by atoms with Crippen molar-refractivity contribution in [2.45, 2.75) is 0 Å². The molecule has 46 heavy (non-hydrogen) atoms. The quantitative estimate of drug-likeness (QED) is 0.191. The topological polar surface area (TPSA) is 38.7 Å². The summed E-state index contributed by atoms with van der Waals surface area (Å²) in [6, 6.07) is 53.4. The van der Waals surface area contributed by atoms with Crippen molar-refractivity contribution in [1.82, 2.24) is 15.0 Å². The molecular weight excluding hydrogens is 599 g/mol. The van der Waals surface area contributed by atoms with Gasteiger partial charge in [0.05, 0.1) is 0 Å². The zero-order valence-corrected chi connectivity index (χ0v) is 26.2. The number of aromatic nitrogens is 3. The lowest BCUT2D eigenvalue weighted by Crippen LogP contribution is -2.00. The highest BCUT2D eigenvalue weighted by molar-refractivity contribution is 7.25. The Bertz CT molecular complexity index is 2500. The van der Waals surface area contributed by atoms with E-state index in [1.54, 1.807) is 0 Å². The Kier molecular flexibility index (Phi) is 6.51. The van der Waals surface area contributed by atoms with Gasteiger partial charge < -0.3 is 0 Å². The van der Waals surface area contributed by atoms with Crippen LogP contribution in [0.5, 0.6) is 0 Å².